The molecule has 2 rings (SSSR count). The van der Waals surface area contributed by atoms with Gasteiger partial charge < -0.3 is 5.11 Å². The first-order valence-corrected chi connectivity index (χ1v) is 5.48. The van der Waals surface area contributed by atoms with Gasteiger partial charge in [0, 0.05) is 21.6 Å². The van der Waals surface area contributed by atoms with Crippen molar-refractivity contribution in [1.29, 1.82) is 0 Å². The highest BCUT2D eigenvalue weighted by Crippen LogP contribution is 2.42. The van der Waals surface area contributed by atoms with Crippen LogP contribution in [0, 0.1) is 5.92 Å². The third kappa shape index (κ3) is 1.57. The molecule has 2 nitrogen and oxygen atoms in total. The van der Waals surface area contributed by atoms with E-state index < -0.39 is 0 Å². The van der Waals surface area contributed by atoms with Crippen molar-refractivity contribution in [3.63, 3.8) is 0 Å². The number of aliphatic hydroxyl groups is 1. The van der Waals surface area contributed by atoms with Gasteiger partial charge in [0.2, 0.25) is 0 Å². The number of carbonyl (C=O) groups excluding carboxylic acids is 1. The number of ketones is 1. The third-order valence-electron chi connectivity index (χ3n) is 2.50. The van der Waals surface area contributed by atoms with Gasteiger partial charge in [-0.15, -0.1) is 11.8 Å². The summed E-state index contributed by atoms with van der Waals surface area (Å²) in [5.74, 6) is 0.296. The lowest BCUT2D eigenvalue weighted by molar-refractivity contribution is -0.114. The summed E-state index contributed by atoms with van der Waals surface area (Å²) in [4.78, 5) is 12.3. The molecule has 0 radical (unpaired) electrons. The molecule has 14 heavy (non-hydrogen) atoms. The van der Waals surface area contributed by atoms with Crippen molar-refractivity contribution >= 4 is 17.5 Å². The van der Waals surface area contributed by atoms with E-state index in [-0.39, 0.29) is 18.3 Å². The van der Waals surface area contributed by atoms with Crippen molar-refractivity contribution < 1.29 is 9.90 Å². The van der Waals surface area contributed by atoms with Crippen LogP contribution in [0.15, 0.2) is 34.8 Å². The molecule has 1 aliphatic carbocycles. The standard InChI is InChI=1S/C11H12O2S/c1-7(13)9-3-2-4-11-10(9)5-8(6-12)14-11/h2-5,10-12H,6H2,1H3. The molecule has 0 bridgehead atoms. The number of fused-ring (bicyclic) bond motifs is 1. The van der Waals surface area contributed by atoms with Gasteiger partial charge in [-0.2, -0.15) is 0 Å². The van der Waals surface area contributed by atoms with E-state index in [1.165, 1.54) is 0 Å². The summed E-state index contributed by atoms with van der Waals surface area (Å²) in [6.07, 6.45) is 7.90. The Kier molecular flexibility index (Phi) is 2.61. The van der Waals surface area contributed by atoms with Gasteiger partial charge in [-0.25, -0.2) is 0 Å². The lowest BCUT2D eigenvalue weighted by Gasteiger charge is -2.19. The lowest BCUT2D eigenvalue weighted by atomic mass is 9.88. The normalized spacial score (nSPS) is 29.6. The van der Waals surface area contributed by atoms with Crippen molar-refractivity contribution in [3.05, 3.63) is 34.8 Å². The van der Waals surface area contributed by atoms with E-state index in [9.17, 15) is 4.79 Å². The maximum absolute atomic E-state index is 11.3. The zero-order valence-corrected chi connectivity index (χ0v) is 8.75. The van der Waals surface area contributed by atoms with Gasteiger partial charge in [0.25, 0.3) is 0 Å². The predicted molar refractivity (Wildman–Crippen MR) is 57.9 cm³/mol. The number of hydrogen-bond acceptors (Lipinski definition) is 3. The fraction of sp³-hybridized carbons (Fsp3) is 0.364. The Hall–Kier alpha value is -0.800. The number of carbonyl (C=O) groups is 1. The molecule has 0 aromatic carbocycles. The van der Waals surface area contributed by atoms with Crippen LogP contribution in [0.25, 0.3) is 0 Å². The molecule has 2 unspecified atom stereocenters. The molecule has 1 aliphatic heterocycles. The Morgan fingerprint density at radius 1 is 1.64 bits per heavy atom. The van der Waals surface area contributed by atoms with Gasteiger partial charge in [-0.3, -0.25) is 4.79 Å². The average molecular weight is 208 g/mol. The van der Waals surface area contributed by atoms with Crippen molar-refractivity contribution in [2.45, 2.75) is 12.2 Å². The van der Waals surface area contributed by atoms with E-state index >= 15 is 0 Å². The summed E-state index contributed by atoms with van der Waals surface area (Å²) in [7, 11) is 0. The summed E-state index contributed by atoms with van der Waals surface area (Å²) in [6.45, 7) is 1.67. The van der Waals surface area contributed by atoms with Crippen LogP contribution in [0.4, 0.5) is 0 Å². The molecular weight excluding hydrogens is 196 g/mol. The first-order valence-electron chi connectivity index (χ1n) is 4.60. The summed E-state index contributed by atoms with van der Waals surface area (Å²) < 4.78 is 0. The minimum atomic E-state index is 0.0801. The second-order valence-electron chi connectivity index (χ2n) is 3.46. The second-order valence-corrected chi connectivity index (χ2v) is 4.77. The summed E-state index contributed by atoms with van der Waals surface area (Å²) >= 11 is 1.65. The topological polar surface area (TPSA) is 37.3 Å². The van der Waals surface area contributed by atoms with Gasteiger partial charge in [0.1, 0.15) is 0 Å². The minimum Gasteiger partial charge on any atom is -0.391 e. The second kappa shape index (κ2) is 3.75. The first kappa shape index (κ1) is 9.74. The summed E-state index contributed by atoms with van der Waals surface area (Å²) in [5.41, 5.74) is 0.855. The highest BCUT2D eigenvalue weighted by molar-refractivity contribution is 8.04. The Balaban J connectivity index is 2.29. The third-order valence-corrected chi connectivity index (χ3v) is 3.80. The highest BCUT2D eigenvalue weighted by atomic mass is 32.2. The van der Waals surface area contributed by atoms with Crippen molar-refractivity contribution in [2.24, 2.45) is 5.92 Å². The lowest BCUT2D eigenvalue weighted by Crippen LogP contribution is -2.18. The molecule has 0 aromatic rings. The van der Waals surface area contributed by atoms with Crippen molar-refractivity contribution in [2.75, 3.05) is 6.61 Å². The summed E-state index contributed by atoms with van der Waals surface area (Å²) in [6, 6.07) is 0. The molecule has 0 amide bonds. The molecule has 74 valence electrons. The van der Waals surface area contributed by atoms with E-state index in [4.69, 9.17) is 5.11 Å². The number of Topliss-reactive ketones (excluding diaryl/α,β-unsaturated/α-hetero) is 1. The van der Waals surface area contributed by atoms with Crippen LogP contribution in [-0.2, 0) is 4.79 Å². The zero-order valence-electron chi connectivity index (χ0n) is 7.93. The molecule has 0 spiro atoms. The molecule has 2 atom stereocenters. The Labute approximate surface area is 87.4 Å². The number of hydrogen-bond donors (Lipinski definition) is 1. The number of aliphatic hydroxyl groups excluding tert-OH is 1. The highest BCUT2D eigenvalue weighted by Gasteiger charge is 2.31. The molecular formula is C11H12O2S. The smallest absolute Gasteiger partial charge is 0.156 e. The van der Waals surface area contributed by atoms with Crippen molar-refractivity contribution in [1.82, 2.24) is 0 Å². The number of rotatable bonds is 2. The van der Waals surface area contributed by atoms with E-state index in [1.807, 2.05) is 18.2 Å². The SMILES string of the molecule is CC(=O)C1=CC=CC2SC(CO)=CC12. The minimum absolute atomic E-state index is 0.0801. The molecule has 1 heterocycles. The van der Waals surface area contributed by atoms with Crippen LogP contribution in [0.2, 0.25) is 0 Å². The van der Waals surface area contributed by atoms with E-state index in [0.29, 0.717) is 5.25 Å². The molecule has 0 saturated heterocycles. The molecule has 0 fully saturated rings. The fourth-order valence-corrected chi connectivity index (χ4v) is 3.02. The maximum Gasteiger partial charge on any atom is 0.156 e. The van der Waals surface area contributed by atoms with E-state index in [0.717, 1.165) is 10.5 Å². The quantitative estimate of drug-likeness (QED) is 0.750. The number of allylic oxidation sites excluding steroid dienone is 4. The van der Waals surface area contributed by atoms with Crippen LogP contribution in [0.5, 0.6) is 0 Å². The van der Waals surface area contributed by atoms with Crippen LogP contribution >= 0.6 is 11.8 Å². The average Bonchev–Trinajstić information content (AvgIpc) is 2.59. The maximum atomic E-state index is 11.3. The van der Waals surface area contributed by atoms with Crippen LogP contribution in [0.3, 0.4) is 0 Å². The molecule has 2 aliphatic rings. The summed E-state index contributed by atoms with van der Waals surface area (Å²) in [5, 5.41) is 9.33. The van der Waals surface area contributed by atoms with Gasteiger partial charge in [-0.1, -0.05) is 24.3 Å². The largest absolute Gasteiger partial charge is 0.391 e. The predicted octanol–water partition coefficient (Wildman–Crippen LogP) is 1.68. The van der Waals surface area contributed by atoms with E-state index in [1.54, 1.807) is 18.7 Å². The Morgan fingerprint density at radius 3 is 3.07 bits per heavy atom. The fourth-order valence-electron chi connectivity index (χ4n) is 1.83. The van der Waals surface area contributed by atoms with Gasteiger partial charge in [0.05, 0.1) is 6.61 Å². The molecule has 0 saturated carbocycles. The van der Waals surface area contributed by atoms with Gasteiger partial charge >= 0.3 is 0 Å². The number of thioether (sulfide) groups is 1. The molecule has 3 heteroatoms. The zero-order chi connectivity index (χ0) is 10.1. The Bertz CT molecular complexity index is 352. The first-order chi connectivity index (χ1) is 6.72. The van der Waals surface area contributed by atoms with Gasteiger partial charge in [0.15, 0.2) is 5.78 Å². The van der Waals surface area contributed by atoms with Crippen LogP contribution < -0.4 is 0 Å². The Morgan fingerprint density at radius 2 is 2.43 bits per heavy atom. The van der Waals surface area contributed by atoms with Crippen LogP contribution in [0.1, 0.15) is 6.92 Å². The van der Waals surface area contributed by atoms with E-state index in [2.05, 4.69) is 6.08 Å². The molecule has 1 N–H and O–H groups in total. The van der Waals surface area contributed by atoms with Gasteiger partial charge in [-0.05, 0) is 6.92 Å². The monoisotopic (exact) mass is 208 g/mol. The van der Waals surface area contributed by atoms with Crippen LogP contribution in [-0.4, -0.2) is 22.7 Å². The molecule has 0 aromatic heterocycles. The van der Waals surface area contributed by atoms with Crippen molar-refractivity contribution in [3.8, 4) is 0 Å².